The molecule has 0 saturated heterocycles. The first kappa shape index (κ1) is 18.6. The molecular weight excluding hydrogens is 316 g/mol. The normalized spacial score (nSPS) is 11.3. The molecule has 6 heteroatoms. The lowest BCUT2D eigenvalue weighted by Gasteiger charge is -2.23. The summed E-state index contributed by atoms with van der Waals surface area (Å²) in [6.45, 7) is 3.34. The van der Waals surface area contributed by atoms with Crippen molar-refractivity contribution in [3.05, 3.63) is 59.5 Å². The zero-order valence-electron chi connectivity index (χ0n) is 15.3. The van der Waals surface area contributed by atoms with Crippen molar-refractivity contribution in [2.24, 2.45) is 4.99 Å². The summed E-state index contributed by atoms with van der Waals surface area (Å²) >= 11 is 0. The van der Waals surface area contributed by atoms with Gasteiger partial charge in [-0.05, 0) is 18.6 Å². The van der Waals surface area contributed by atoms with Crippen LogP contribution in [0.15, 0.2) is 52.1 Å². The molecule has 0 aliphatic rings. The second kappa shape index (κ2) is 8.92. The van der Waals surface area contributed by atoms with Gasteiger partial charge in [-0.25, -0.2) is 4.99 Å². The van der Waals surface area contributed by atoms with Crippen LogP contribution in [0.2, 0.25) is 0 Å². The highest BCUT2D eigenvalue weighted by molar-refractivity contribution is 5.86. The molecule has 0 radical (unpaired) electrons. The Morgan fingerprint density at radius 2 is 1.88 bits per heavy atom. The van der Waals surface area contributed by atoms with Crippen molar-refractivity contribution in [1.82, 2.24) is 15.1 Å². The molecule has 0 aliphatic heterocycles. The number of furan rings is 1. The number of amides is 1. The van der Waals surface area contributed by atoms with Gasteiger partial charge in [-0.15, -0.1) is 0 Å². The predicted octanol–water partition coefficient (Wildman–Crippen LogP) is 2.25. The van der Waals surface area contributed by atoms with Crippen molar-refractivity contribution in [2.45, 2.75) is 20.0 Å². The minimum atomic E-state index is 0.000280. The van der Waals surface area contributed by atoms with Crippen LogP contribution in [-0.4, -0.2) is 49.4 Å². The zero-order valence-corrected chi connectivity index (χ0v) is 15.3. The van der Waals surface area contributed by atoms with Crippen LogP contribution in [0.1, 0.15) is 16.9 Å². The van der Waals surface area contributed by atoms with Gasteiger partial charge in [0.1, 0.15) is 5.76 Å². The van der Waals surface area contributed by atoms with Crippen molar-refractivity contribution >= 4 is 11.9 Å². The molecule has 2 aromatic rings. The Bertz CT molecular complexity index is 707. The number of guanidine groups is 1. The largest absolute Gasteiger partial charge is 0.469 e. The van der Waals surface area contributed by atoms with Crippen LogP contribution in [0.3, 0.4) is 0 Å². The van der Waals surface area contributed by atoms with Crippen LogP contribution in [0, 0.1) is 6.92 Å². The Labute approximate surface area is 149 Å². The summed E-state index contributed by atoms with van der Waals surface area (Å²) in [6, 6.07) is 12.0. The first-order valence-corrected chi connectivity index (χ1v) is 8.24. The Hall–Kier alpha value is -2.76. The standard InChI is InChI=1S/C19H26N4O2/c1-15-17(10-11-25-15)14-23(4)19(21-13-18(24)22(2)3)20-12-16-8-6-5-7-9-16/h5-11H,12-14H2,1-4H3,(H,20,21). The topological polar surface area (TPSA) is 61.1 Å². The van der Waals surface area contributed by atoms with Gasteiger partial charge in [0.05, 0.1) is 19.4 Å². The Kier molecular flexibility index (Phi) is 6.62. The van der Waals surface area contributed by atoms with Gasteiger partial charge in [-0.3, -0.25) is 4.79 Å². The quantitative estimate of drug-likeness (QED) is 0.646. The maximum absolute atomic E-state index is 11.9. The molecule has 134 valence electrons. The predicted molar refractivity (Wildman–Crippen MR) is 99.2 cm³/mol. The third-order valence-electron chi connectivity index (χ3n) is 3.89. The number of benzene rings is 1. The van der Waals surface area contributed by atoms with E-state index in [4.69, 9.17) is 4.42 Å². The Balaban J connectivity index is 2.09. The molecule has 6 nitrogen and oxygen atoms in total. The number of carbonyl (C=O) groups excluding carboxylic acids is 1. The van der Waals surface area contributed by atoms with E-state index < -0.39 is 0 Å². The van der Waals surface area contributed by atoms with E-state index in [0.717, 1.165) is 16.9 Å². The average molecular weight is 342 g/mol. The number of aliphatic imine (C=N–C) groups is 1. The van der Waals surface area contributed by atoms with Crippen LogP contribution in [0.4, 0.5) is 0 Å². The Morgan fingerprint density at radius 3 is 2.48 bits per heavy atom. The highest BCUT2D eigenvalue weighted by atomic mass is 16.3. The van der Waals surface area contributed by atoms with Crippen molar-refractivity contribution in [2.75, 3.05) is 27.7 Å². The van der Waals surface area contributed by atoms with Crippen molar-refractivity contribution in [1.29, 1.82) is 0 Å². The van der Waals surface area contributed by atoms with Crippen LogP contribution in [-0.2, 0) is 17.9 Å². The summed E-state index contributed by atoms with van der Waals surface area (Å²) in [5.74, 6) is 1.57. The lowest BCUT2D eigenvalue weighted by molar-refractivity contribution is -0.127. The number of aryl methyl sites for hydroxylation is 1. The molecule has 0 fully saturated rings. The van der Waals surface area contributed by atoms with Gasteiger partial charge in [0.25, 0.3) is 0 Å². The number of hydrogen-bond donors (Lipinski definition) is 1. The molecular formula is C19H26N4O2. The maximum atomic E-state index is 11.9. The lowest BCUT2D eigenvalue weighted by Crippen LogP contribution is -2.43. The third-order valence-corrected chi connectivity index (χ3v) is 3.89. The third kappa shape index (κ3) is 5.67. The minimum Gasteiger partial charge on any atom is -0.469 e. The molecule has 1 aromatic heterocycles. The van der Waals surface area contributed by atoms with E-state index in [0.29, 0.717) is 19.0 Å². The summed E-state index contributed by atoms with van der Waals surface area (Å²) in [4.78, 5) is 20.1. The van der Waals surface area contributed by atoms with Crippen LogP contribution in [0.5, 0.6) is 0 Å². The summed E-state index contributed by atoms with van der Waals surface area (Å²) in [6.07, 6.45) is 1.68. The summed E-state index contributed by atoms with van der Waals surface area (Å²) in [5, 5.41) is 3.16. The molecule has 1 aromatic carbocycles. The molecule has 1 amide bonds. The highest BCUT2D eigenvalue weighted by Crippen LogP contribution is 2.11. The van der Waals surface area contributed by atoms with Crippen molar-refractivity contribution < 1.29 is 9.21 Å². The second-order valence-electron chi connectivity index (χ2n) is 6.13. The lowest BCUT2D eigenvalue weighted by atomic mass is 10.2. The van der Waals surface area contributed by atoms with Gasteiger partial charge in [-0.2, -0.15) is 0 Å². The smallest absolute Gasteiger partial charge is 0.241 e. The van der Waals surface area contributed by atoms with E-state index in [1.807, 2.05) is 55.3 Å². The first-order chi connectivity index (χ1) is 12.0. The van der Waals surface area contributed by atoms with Gasteiger partial charge in [0, 0.05) is 33.3 Å². The monoisotopic (exact) mass is 342 g/mol. The minimum absolute atomic E-state index is 0.000280. The molecule has 1 heterocycles. The number of nitrogens with zero attached hydrogens (tertiary/aromatic N) is 3. The van der Waals surface area contributed by atoms with Crippen molar-refractivity contribution in [3.63, 3.8) is 0 Å². The van der Waals surface area contributed by atoms with E-state index in [2.05, 4.69) is 10.3 Å². The fourth-order valence-electron chi connectivity index (χ4n) is 2.28. The van der Waals surface area contributed by atoms with Gasteiger partial charge < -0.3 is 19.5 Å². The summed E-state index contributed by atoms with van der Waals surface area (Å²) < 4.78 is 5.36. The number of nitrogens with one attached hydrogen (secondary N) is 1. The average Bonchev–Trinajstić information content (AvgIpc) is 3.00. The van der Waals surface area contributed by atoms with Crippen LogP contribution >= 0.6 is 0 Å². The molecule has 1 N–H and O–H groups in total. The summed E-state index contributed by atoms with van der Waals surface area (Å²) in [7, 11) is 5.43. The van der Waals surface area contributed by atoms with E-state index in [-0.39, 0.29) is 12.5 Å². The number of hydrogen-bond acceptors (Lipinski definition) is 3. The van der Waals surface area contributed by atoms with E-state index in [9.17, 15) is 4.79 Å². The molecule has 0 saturated carbocycles. The van der Waals surface area contributed by atoms with Crippen molar-refractivity contribution in [3.8, 4) is 0 Å². The highest BCUT2D eigenvalue weighted by Gasteiger charge is 2.12. The molecule has 0 aliphatic carbocycles. The van der Waals surface area contributed by atoms with Crippen LogP contribution in [0.25, 0.3) is 0 Å². The maximum Gasteiger partial charge on any atom is 0.241 e. The first-order valence-electron chi connectivity index (χ1n) is 8.24. The molecule has 0 spiro atoms. The fraction of sp³-hybridized carbons (Fsp3) is 0.368. The zero-order chi connectivity index (χ0) is 18.2. The number of rotatable bonds is 6. The van der Waals surface area contributed by atoms with E-state index >= 15 is 0 Å². The van der Waals surface area contributed by atoms with Crippen LogP contribution < -0.4 is 5.32 Å². The Morgan fingerprint density at radius 1 is 1.16 bits per heavy atom. The number of likely N-dealkylation sites (N-methyl/N-ethyl adjacent to an activating group) is 1. The fourth-order valence-corrected chi connectivity index (χ4v) is 2.28. The van der Waals surface area contributed by atoms with Gasteiger partial charge in [-0.1, -0.05) is 30.3 Å². The van der Waals surface area contributed by atoms with Gasteiger partial charge >= 0.3 is 0 Å². The second-order valence-corrected chi connectivity index (χ2v) is 6.13. The van der Waals surface area contributed by atoms with E-state index in [1.165, 1.54) is 0 Å². The molecule has 0 unspecified atom stereocenters. The molecule has 25 heavy (non-hydrogen) atoms. The van der Waals surface area contributed by atoms with Gasteiger partial charge in [0.2, 0.25) is 5.91 Å². The molecule has 0 bridgehead atoms. The van der Waals surface area contributed by atoms with Gasteiger partial charge in [0.15, 0.2) is 5.96 Å². The summed E-state index contributed by atoms with van der Waals surface area (Å²) in [5.41, 5.74) is 2.21. The molecule has 2 rings (SSSR count). The van der Waals surface area contributed by atoms with E-state index in [1.54, 1.807) is 25.3 Å². The number of carbonyl (C=O) groups is 1. The molecule has 0 atom stereocenters. The SMILES string of the molecule is Cc1occc1CN(C)C(=NCc1ccccc1)NCC(=O)N(C)C.